The highest BCUT2D eigenvalue weighted by Crippen LogP contribution is 2.27. The quantitative estimate of drug-likeness (QED) is 0.363. The van der Waals surface area contributed by atoms with Gasteiger partial charge >= 0.3 is 0 Å². The third kappa shape index (κ3) is 6.85. The molecule has 0 unspecified atom stereocenters. The number of hydrogen-bond donors (Lipinski definition) is 1. The molecule has 0 aliphatic heterocycles. The van der Waals surface area contributed by atoms with Gasteiger partial charge in [-0.1, -0.05) is 47.5 Å². The SMILES string of the molecule is CNC(=O)[C@@H](C)N(Cc1ccccc1Cl)C(=O)CN(c1ccc(C)cc1)S(=O)(=O)c1ccc(SC)cc1. The number of aryl methyl sites for hydroxylation is 1. The van der Waals surface area contributed by atoms with Crippen LogP contribution in [0.5, 0.6) is 0 Å². The largest absolute Gasteiger partial charge is 0.357 e. The zero-order chi connectivity index (χ0) is 27.2. The molecule has 2 amide bonds. The van der Waals surface area contributed by atoms with Crippen molar-refractivity contribution in [2.75, 3.05) is 24.2 Å². The maximum atomic E-state index is 13.8. The van der Waals surface area contributed by atoms with Crippen LogP contribution in [0.1, 0.15) is 18.1 Å². The van der Waals surface area contributed by atoms with Crippen LogP contribution in [0.4, 0.5) is 5.69 Å². The summed E-state index contributed by atoms with van der Waals surface area (Å²) in [6.07, 6.45) is 1.90. The van der Waals surface area contributed by atoms with Gasteiger partial charge in [-0.05, 0) is 68.1 Å². The fourth-order valence-corrected chi connectivity index (χ4v) is 5.73. The average Bonchev–Trinajstić information content (AvgIpc) is 2.90. The number of benzene rings is 3. The first-order valence-electron chi connectivity index (χ1n) is 11.6. The van der Waals surface area contributed by atoms with Crippen molar-refractivity contribution in [1.82, 2.24) is 10.2 Å². The lowest BCUT2D eigenvalue weighted by molar-refractivity contribution is -0.139. The highest BCUT2D eigenvalue weighted by molar-refractivity contribution is 7.98. The number of carbonyl (C=O) groups excluding carboxylic acids is 2. The number of nitrogens with zero attached hydrogens (tertiary/aromatic N) is 2. The number of likely N-dealkylation sites (N-methyl/N-ethyl adjacent to an activating group) is 1. The third-order valence-corrected chi connectivity index (χ3v) is 8.86. The Labute approximate surface area is 227 Å². The number of amides is 2. The standard InChI is InChI=1S/C27H30ClN3O4S2/c1-19-9-11-22(12-10-19)31(37(34,35)24-15-13-23(36-4)14-16-24)18-26(32)30(20(2)27(33)29-3)17-21-7-5-6-8-25(21)28/h5-16,20H,17-18H2,1-4H3,(H,29,33)/t20-/m1/s1. The fourth-order valence-electron chi connectivity index (χ4n) is 3.72. The van der Waals surface area contributed by atoms with E-state index in [1.807, 2.05) is 13.2 Å². The van der Waals surface area contributed by atoms with Crippen LogP contribution < -0.4 is 9.62 Å². The van der Waals surface area contributed by atoms with Crippen LogP contribution in [0.15, 0.2) is 82.6 Å². The molecule has 0 heterocycles. The van der Waals surface area contributed by atoms with E-state index in [1.165, 1.54) is 35.8 Å². The van der Waals surface area contributed by atoms with E-state index in [0.29, 0.717) is 16.3 Å². The summed E-state index contributed by atoms with van der Waals surface area (Å²) in [6, 6.07) is 19.6. The Hall–Kier alpha value is -3.01. The second kappa shape index (κ2) is 12.5. The van der Waals surface area contributed by atoms with Crippen molar-refractivity contribution in [3.8, 4) is 0 Å². The Morgan fingerprint density at radius 2 is 1.62 bits per heavy atom. The van der Waals surface area contributed by atoms with E-state index in [2.05, 4.69) is 5.32 Å². The summed E-state index contributed by atoms with van der Waals surface area (Å²) >= 11 is 7.84. The molecule has 0 saturated carbocycles. The topological polar surface area (TPSA) is 86.8 Å². The Kier molecular flexibility index (Phi) is 9.64. The molecule has 3 aromatic rings. The minimum absolute atomic E-state index is 0.0390. The molecule has 10 heteroatoms. The lowest BCUT2D eigenvalue weighted by atomic mass is 10.1. The Morgan fingerprint density at radius 3 is 2.19 bits per heavy atom. The second-order valence-corrected chi connectivity index (χ2v) is 11.6. The van der Waals surface area contributed by atoms with E-state index in [4.69, 9.17) is 11.6 Å². The van der Waals surface area contributed by atoms with Gasteiger partial charge in [0.25, 0.3) is 10.0 Å². The normalized spacial score (nSPS) is 12.0. The van der Waals surface area contributed by atoms with E-state index in [1.54, 1.807) is 67.6 Å². The first-order valence-corrected chi connectivity index (χ1v) is 14.6. The summed E-state index contributed by atoms with van der Waals surface area (Å²) < 4.78 is 28.7. The molecule has 3 rings (SSSR count). The molecule has 0 aromatic heterocycles. The van der Waals surface area contributed by atoms with E-state index in [0.717, 1.165) is 14.8 Å². The van der Waals surface area contributed by atoms with Gasteiger partial charge in [0.1, 0.15) is 12.6 Å². The van der Waals surface area contributed by atoms with Crippen molar-refractivity contribution >= 4 is 50.9 Å². The molecule has 1 atom stereocenters. The van der Waals surface area contributed by atoms with Crippen LogP contribution in [0, 0.1) is 6.92 Å². The molecule has 0 fully saturated rings. The van der Waals surface area contributed by atoms with Crippen molar-refractivity contribution in [1.29, 1.82) is 0 Å². The maximum absolute atomic E-state index is 13.8. The zero-order valence-electron chi connectivity index (χ0n) is 21.1. The smallest absolute Gasteiger partial charge is 0.264 e. The predicted molar refractivity (Wildman–Crippen MR) is 149 cm³/mol. The molecule has 0 aliphatic carbocycles. The predicted octanol–water partition coefficient (Wildman–Crippen LogP) is 4.73. The van der Waals surface area contributed by atoms with Gasteiger partial charge in [0.2, 0.25) is 11.8 Å². The number of nitrogens with one attached hydrogen (secondary N) is 1. The summed E-state index contributed by atoms with van der Waals surface area (Å²) in [5.41, 5.74) is 1.94. The zero-order valence-corrected chi connectivity index (χ0v) is 23.5. The summed E-state index contributed by atoms with van der Waals surface area (Å²) in [5.74, 6) is -0.918. The highest BCUT2D eigenvalue weighted by Gasteiger charge is 2.32. The molecule has 0 aliphatic rings. The second-order valence-electron chi connectivity index (χ2n) is 8.43. The molecule has 0 spiro atoms. The summed E-state index contributed by atoms with van der Waals surface area (Å²) in [4.78, 5) is 28.6. The Bertz CT molecular complexity index is 1350. The Morgan fingerprint density at radius 1 is 1.00 bits per heavy atom. The number of rotatable bonds is 10. The van der Waals surface area contributed by atoms with Gasteiger partial charge in [0.05, 0.1) is 10.6 Å². The number of thioether (sulfide) groups is 1. The van der Waals surface area contributed by atoms with Gasteiger partial charge in [0, 0.05) is 23.5 Å². The van der Waals surface area contributed by atoms with E-state index >= 15 is 0 Å². The molecule has 0 bridgehead atoms. The Balaban J connectivity index is 2.03. The maximum Gasteiger partial charge on any atom is 0.264 e. The molecule has 0 saturated heterocycles. The van der Waals surface area contributed by atoms with E-state index < -0.39 is 28.5 Å². The molecular formula is C27H30ClN3O4S2. The molecule has 0 radical (unpaired) electrons. The van der Waals surface area contributed by atoms with Gasteiger partial charge in [-0.2, -0.15) is 0 Å². The van der Waals surface area contributed by atoms with Crippen LogP contribution in [0.3, 0.4) is 0 Å². The van der Waals surface area contributed by atoms with Crippen LogP contribution >= 0.6 is 23.4 Å². The molecular weight excluding hydrogens is 530 g/mol. The fraction of sp³-hybridized carbons (Fsp3) is 0.259. The minimum Gasteiger partial charge on any atom is -0.357 e. The van der Waals surface area contributed by atoms with Crippen molar-refractivity contribution in [3.05, 3.63) is 88.9 Å². The van der Waals surface area contributed by atoms with Gasteiger partial charge in [-0.25, -0.2) is 8.42 Å². The van der Waals surface area contributed by atoms with Crippen molar-refractivity contribution in [3.63, 3.8) is 0 Å². The number of carbonyl (C=O) groups is 2. The first kappa shape index (κ1) is 28.6. The molecule has 7 nitrogen and oxygen atoms in total. The van der Waals surface area contributed by atoms with Crippen molar-refractivity contribution < 1.29 is 18.0 Å². The van der Waals surface area contributed by atoms with Crippen molar-refractivity contribution in [2.24, 2.45) is 0 Å². The number of sulfonamides is 1. The van der Waals surface area contributed by atoms with Gasteiger partial charge in [0.15, 0.2) is 0 Å². The number of hydrogen-bond acceptors (Lipinski definition) is 5. The molecule has 37 heavy (non-hydrogen) atoms. The molecule has 196 valence electrons. The van der Waals surface area contributed by atoms with E-state index in [-0.39, 0.29) is 17.3 Å². The molecule has 3 aromatic carbocycles. The highest BCUT2D eigenvalue weighted by atomic mass is 35.5. The van der Waals surface area contributed by atoms with Crippen LogP contribution in [-0.4, -0.2) is 51.0 Å². The average molecular weight is 560 g/mol. The summed E-state index contributed by atoms with van der Waals surface area (Å²) in [5, 5.41) is 3.00. The molecule has 1 N–H and O–H groups in total. The van der Waals surface area contributed by atoms with Crippen LogP contribution in [0.2, 0.25) is 5.02 Å². The van der Waals surface area contributed by atoms with Crippen molar-refractivity contribution in [2.45, 2.75) is 36.2 Å². The lowest BCUT2D eigenvalue weighted by Gasteiger charge is -2.32. The van der Waals surface area contributed by atoms with E-state index in [9.17, 15) is 18.0 Å². The minimum atomic E-state index is -4.10. The summed E-state index contributed by atoms with van der Waals surface area (Å²) in [6.45, 7) is 3.03. The van der Waals surface area contributed by atoms with Gasteiger partial charge in [-0.3, -0.25) is 13.9 Å². The van der Waals surface area contributed by atoms with Gasteiger partial charge in [-0.15, -0.1) is 11.8 Å². The number of anilines is 1. The third-order valence-electron chi connectivity index (χ3n) is 5.96. The van der Waals surface area contributed by atoms with Gasteiger partial charge < -0.3 is 10.2 Å². The lowest BCUT2D eigenvalue weighted by Crippen LogP contribution is -2.50. The first-order chi connectivity index (χ1) is 17.6. The summed E-state index contributed by atoms with van der Waals surface area (Å²) in [7, 11) is -2.62. The van der Waals surface area contributed by atoms with Crippen LogP contribution in [-0.2, 0) is 26.2 Å². The monoisotopic (exact) mass is 559 g/mol. The van der Waals surface area contributed by atoms with Crippen LogP contribution in [0.25, 0.3) is 0 Å². The number of halogens is 1.